The molecule has 2 amide bonds. The van der Waals surface area contributed by atoms with Crippen LogP contribution in [0.3, 0.4) is 0 Å². The Balaban J connectivity index is 1.99. The van der Waals surface area contributed by atoms with Crippen molar-refractivity contribution in [2.45, 2.75) is 32.7 Å². The lowest BCUT2D eigenvalue weighted by molar-refractivity contribution is -0.157. The Morgan fingerprint density at radius 3 is 2.35 bits per heavy atom. The average Bonchev–Trinajstić information content (AvgIpc) is 3.05. The number of hydrogen-bond acceptors (Lipinski definition) is 2. The van der Waals surface area contributed by atoms with E-state index in [-0.39, 0.29) is 23.3 Å². The van der Waals surface area contributed by atoms with Crippen molar-refractivity contribution in [2.75, 3.05) is 25.0 Å². The van der Waals surface area contributed by atoms with E-state index in [4.69, 9.17) is 0 Å². The van der Waals surface area contributed by atoms with Crippen molar-refractivity contribution in [3.8, 4) is 0 Å². The molecule has 17 heavy (non-hydrogen) atoms. The van der Waals surface area contributed by atoms with Gasteiger partial charge in [-0.15, -0.1) is 0 Å². The van der Waals surface area contributed by atoms with Gasteiger partial charge >= 0.3 is 11.8 Å². The minimum atomic E-state index is -0.336. The Kier molecular flexibility index (Phi) is 3.48. The second kappa shape index (κ2) is 4.59. The van der Waals surface area contributed by atoms with Crippen molar-refractivity contribution in [1.82, 2.24) is 9.80 Å². The molecule has 1 aliphatic carbocycles. The number of carbonyl (C=O) groups is 2. The number of amides is 2. The van der Waals surface area contributed by atoms with Crippen molar-refractivity contribution in [1.29, 1.82) is 0 Å². The summed E-state index contributed by atoms with van der Waals surface area (Å²) in [6.07, 6.45) is 2.31. The standard InChI is InChI=1S/C12H19BrN2O2/c1-9(2)15-6-5-14(10(16)11(15)17)8-12(7-13)3-4-12/h9H,3-8H2,1-2H3. The molecule has 5 heteroatoms. The molecule has 1 heterocycles. The van der Waals surface area contributed by atoms with Gasteiger partial charge in [0.25, 0.3) is 0 Å². The third-order valence-electron chi connectivity index (χ3n) is 3.73. The van der Waals surface area contributed by atoms with E-state index in [9.17, 15) is 9.59 Å². The van der Waals surface area contributed by atoms with Gasteiger partial charge in [-0.25, -0.2) is 0 Å². The third-order valence-corrected chi connectivity index (χ3v) is 4.92. The van der Waals surface area contributed by atoms with Gasteiger partial charge in [-0.2, -0.15) is 0 Å². The van der Waals surface area contributed by atoms with Crippen LogP contribution < -0.4 is 0 Å². The van der Waals surface area contributed by atoms with E-state index >= 15 is 0 Å². The van der Waals surface area contributed by atoms with E-state index in [0.717, 1.165) is 24.7 Å². The summed E-state index contributed by atoms with van der Waals surface area (Å²) in [4.78, 5) is 27.3. The topological polar surface area (TPSA) is 40.6 Å². The maximum Gasteiger partial charge on any atom is 0.312 e. The van der Waals surface area contributed by atoms with Crippen LogP contribution in [0.5, 0.6) is 0 Å². The molecule has 0 unspecified atom stereocenters. The number of rotatable bonds is 4. The molecule has 0 spiro atoms. The minimum absolute atomic E-state index is 0.111. The van der Waals surface area contributed by atoms with Gasteiger partial charge in [0.05, 0.1) is 0 Å². The summed E-state index contributed by atoms with van der Waals surface area (Å²) in [5.74, 6) is -0.659. The zero-order valence-corrected chi connectivity index (χ0v) is 12.0. The Labute approximate surface area is 110 Å². The van der Waals surface area contributed by atoms with Gasteiger partial charge in [0.1, 0.15) is 0 Å². The fourth-order valence-electron chi connectivity index (χ4n) is 2.25. The lowest BCUT2D eigenvalue weighted by atomic mass is 10.1. The van der Waals surface area contributed by atoms with Crippen LogP contribution in [0.4, 0.5) is 0 Å². The van der Waals surface area contributed by atoms with Gasteiger partial charge in [0, 0.05) is 31.0 Å². The molecule has 0 aromatic heterocycles. The molecule has 1 aliphatic heterocycles. The molecular formula is C12H19BrN2O2. The summed E-state index contributed by atoms with van der Waals surface area (Å²) in [5.41, 5.74) is 0.246. The van der Waals surface area contributed by atoms with Gasteiger partial charge in [-0.3, -0.25) is 9.59 Å². The van der Waals surface area contributed by atoms with Crippen molar-refractivity contribution in [3.63, 3.8) is 0 Å². The van der Waals surface area contributed by atoms with E-state index in [2.05, 4.69) is 15.9 Å². The van der Waals surface area contributed by atoms with E-state index in [1.54, 1.807) is 9.80 Å². The highest BCUT2D eigenvalue weighted by Gasteiger charge is 2.45. The maximum absolute atomic E-state index is 12.0. The molecule has 0 N–H and O–H groups in total. The second-order valence-corrected chi connectivity index (χ2v) is 6.01. The molecule has 2 rings (SSSR count). The number of hydrogen-bond donors (Lipinski definition) is 0. The van der Waals surface area contributed by atoms with Crippen molar-refractivity contribution < 1.29 is 9.59 Å². The molecule has 1 saturated carbocycles. The first-order chi connectivity index (χ1) is 7.99. The highest BCUT2D eigenvalue weighted by Crippen LogP contribution is 2.47. The summed E-state index contributed by atoms with van der Waals surface area (Å²) < 4.78 is 0. The van der Waals surface area contributed by atoms with Gasteiger partial charge in [-0.1, -0.05) is 15.9 Å². The first kappa shape index (κ1) is 12.9. The predicted octanol–water partition coefficient (Wildman–Crippen LogP) is 1.24. The lowest BCUT2D eigenvalue weighted by Gasteiger charge is -2.37. The zero-order valence-electron chi connectivity index (χ0n) is 10.4. The van der Waals surface area contributed by atoms with Crippen LogP contribution in [0.2, 0.25) is 0 Å². The molecule has 0 aromatic carbocycles. The van der Waals surface area contributed by atoms with E-state index in [1.165, 1.54) is 0 Å². The zero-order chi connectivity index (χ0) is 12.6. The molecule has 0 radical (unpaired) electrons. The fourth-order valence-corrected chi connectivity index (χ4v) is 2.99. The van der Waals surface area contributed by atoms with Gasteiger partial charge in [0.2, 0.25) is 0 Å². The van der Waals surface area contributed by atoms with Crippen LogP contribution in [0.25, 0.3) is 0 Å². The van der Waals surface area contributed by atoms with Gasteiger partial charge in [-0.05, 0) is 32.1 Å². The minimum Gasteiger partial charge on any atom is -0.332 e. The molecule has 1 saturated heterocycles. The molecule has 96 valence electrons. The van der Waals surface area contributed by atoms with Crippen LogP contribution >= 0.6 is 15.9 Å². The van der Waals surface area contributed by atoms with Crippen LogP contribution in [-0.4, -0.2) is 52.6 Å². The Bertz CT molecular complexity index is 339. The Morgan fingerprint density at radius 2 is 1.88 bits per heavy atom. The number of halogens is 1. The van der Waals surface area contributed by atoms with Gasteiger partial charge < -0.3 is 9.80 Å². The van der Waals surface area contributed by atoms with E-state index < -0.39 is 0 Å². The molecule has 0 bridgehead atoms. The smallest absolute Gasteiger partial charge is 0.312 e. The SMILES string of the molecule is CC(C)N1CCN(CC2(CBr)CC2)C(=O)C1=O. The highest BCUT2D eigenvalue weighted by molar-refractivity contribution is 9.09. The highest BCUT2D eigenvalue weighted by atomic mass is 79.9. The number of alkyl halides is 1. The quantitative estimate of drug-likeness (QED) is 0.579. The largest absolute Gasteiger partial charge is 0.332 e. The van der Waals surface area contributed by atoms with Crippen LogP contribution in [0, 0.1) is 5.41 Å². The molecule has 4 nitrogen and oxygen atoms in total. The second-order valence-electron chi connectivity index (χ2n) is 5.45. The maximum atomic E-state index is 12.0. The van der Waals surface area contributed by atoms with E-state index in [1.807, 2.05) is 13.8 Å². The monoisotopic (exact) mass is 302 g/mol. The van der Waals surface area contributed by atoms with Crippen LogP contribution in [-0.2, 0) is 9.59 Å². The normalized spacial score (nSPS) is 23.5. The Morgan fingerprint density at radius 1 is 1.24 bits per heavy atom. The van der Waals surface area contributed by atoms with E-state index in [0.29, 0.717) is 13.1 Å². The number of carbonyl (C=O) groups excluding carboxylic acids is 2. The molecular weight excluding hydrogens is 284 g/mol. The van der Waals surface area contributed by atoms with Crippen molar-refractivity contribution >= 4 is 27.7 Å². The van der Waals surface area contributed by atoms with Gasteiger partial charge in [0.15, 0.2) is 0 Å². The van der Waals surface area contributed by atoms with Crippen molar-refractivity contribution in [3.05, 3.63) is 0 Å². The first-order valence-electron chi connectivity index (χ1n) is 6.15. The number of nitrogens with zero attached hydrogens (tertiary/aromatic N) is 2. The first-order valence-corrected chi connectivity index (χ1v) is 7.27. The Hall–Kier alpha value is -0.580. The summed E-state index contributed by atoms with van der Waals surface area (Å²) in [5, 5.41) is 0.922. The summed E-state index contributed by atoms with van der Waals surface area (Å²) in [6.45, 7) is 5.97. The fraction of sp³-hybridized carbons (Fsp3) is 0.833. The molecule has 2 aliphatic rings. The molecule has 2 fully saturated rings. The average molecular weight is 303 g/mol. The lowest BCUT2D eigenvalue weighted by Crippen LogP contribution is -2.57. The third kappa shape index (κ3) is 2.49. The summed E-state index contributed by atoms with van der Waals surface area (Å²) >= 11 is 3.50. The molecule has 0 atom stereocenters. The van der Waals surface area contributed by atoms with Crippen LogP contribution in [0.1, 0.15) is 26.7 Å². The van der Waals surface area contributed by atoms with Crippen LogP contribution in [0.15, 0.2) is 0 Å². The summed E-state index contributed by atoms with van der Waals surface area (Å²) in [6, 6.07) is 0.111. The van der Waals surface area contributed by atoms with Crippen molar-refractivity contribution in [2.24, 2.45) is 5.41 Å². The summed E-state index contributed by atoms with van der Waals surface area (Å²) in [7, 11) is 0. The predicted molar refractivity (Wildman–Crippen MR) is 68.9 cm³/mol. The molecule has 0 aromatic rings. The number of piperazine rings is 1.